The van der Waals surface area contributed by atoms with E-state index in [9.17, 15) is 27.9 Å². The molecule has 1 aromatic heterocycles. The number of nitrogens with two attached hydrogens (primary N) is 1. The number of para-hydroxylation sites is 1. The minimum atomic E-state index is -4.41. The minimum absolute atomic E-state index is 0. The first kappa shape index (κ1) is 35.3. The number of sulfonamides is 1. The van der Waals surface area contributed by atoms with Crippen LogP contribution in [-0.4, -0.2) is 66.7 Å². The third-order valence-electron chi connectivity index (χ3n) is 7.62. The van der Waals surface area contributed by atoms with Gasteiger partial charge in [0, 0.05) is 35.8 Å². The molecule has 0 aliphatic carbocycles. The maximum absolute atomic E-state index is 14.3. The third-order valence-corrected chi connectivity index (χ3v) is 9.42. The summed E-state index contributed by atoms with van der Waals surface area (Å²) in [5, 5.41) is 21.4. The molecule has 14 heteroatoms. The number of fused-ring (bicyclic) bond motifs is 2. The van der Waals surface area contributed by atoms with Crippen LogP contribution < -0.4 is 15.4 Å². The van der Waals surface area contributed by atoms with Crippen LogP contribution in [0.15, 0.2) is 102 Å². The zero-order chi connectivity index (χ0) is 33.7. The number of halogens is 1. The Morgan fingerprint density at radius 1 is 0.917 bits per heavy atom. The molecule has 5 N–H and O–H groups in total. The second kappa shape index (κ2) is 14.9. The van der Waals surface area contributed by atoms with Crippen molar-refractivity contribution in [1.29, 1.82) is 5.41 Å². The number of rotatable bonds is 12. The summed E-state index contributed by atoms with van der Waals surface area (Å²) in [6, 6.07) is 24.8. The predicted octanol–water partition coefficient (Wildman–Crippen LogP) is 4.15. The van der Waals surface area contributed by atoms with Gasteiger partial charge in [0.25, 0.3) is 15.9 Å². The summed E-state index contributed by atoms with van der Waals surface area (Å²) in [6.45, 7) is 0.643. The van der Waals surface area contributed by atoms with Gasteiger partial charge in [-0.05, 0) is 53.6 Å². The van der Waals surface area contributed by atoms with E-state index in [4.69, 9.17) is 11.1 Å². The number of carbonyl (C=O) groups excluding carboxylic acids is 2. The molecule has 0 aliphatic heterocycles. The number of benzene rings is 4. The average molecular weight is 689 g/mol. The molecule has 0 spiro atoms. The van der Waals surface area contributed by atoms with E-state index in [1.807, 2.05) is 0 Å². The van der Waals surface area contributed by atoms with Crippen molar-refractivity contribution in [1.82, 2.24) is 15.2 Å². The number of carboxylic acid groups (broad SMARTS) is 1. The highest BCUT2D eigenvalue weighted by Gasteiger charge is 2.31. The van der Waals surface area contributed by atoms with Crippen LogP contribution in [0.1, 0.15) is 28.4 Å². The Hall–Kier alpha value is -5.53. The first-order chi connectivity index (χ1) is 22.5. The normalized spacial score (nSPS) is 11.0. The number of amides is 2. The van der Waals surface area contributed by atoms with Gasteiger partial charge >= 0.3 is 5.97 Å². The zero-order valence-corrected chi connectivity index (χ0v) is 27.4. The lowest BCUT2D eigenvalue weighted by Crippen LogP contribution is -2.44. The summed E-state index contributed by atoms with van der Waals surface area (Å²) in [5.74, 6) is -2.33. The number of nitrogens with zero attached hydrogens (tertiary/aromatic N) is 3. The van der Waals surface area contributed by atoms with Crippen molar-refractivity contribution in [3.8, 4) is 0 Å². The van der Waals surface area contributed by atoms with Crippen molar-refractivity contribution in [2.24, 2.45) is 5.73 Å². The van der Waals surface area contributed by atoms with Crippen molar-refractivity contribution in [2.45, 2.75) is 18.4 Å². The van der Waals surface area contributed by atoms with Crippen LogP contribution in [0.5, 0.6) is 0 Å². The van der Waals surface area contributed by atoms with Crippen LogP contribution in [0.25, 0.3) is 21.7 Å². The van der Waals surface area contributed by atoms with Gasteiger partial charge < -0.3 is 21.1 Å². The number of nitrogen functional groups attached to an aromatic ring is 1. The van der Waals surface area contributed by atoms with Gasteiger partial charge in [0.1, 0.15) is 23.8 Å². The molecule has 248 valence electrons. The summed E-state index contributed by atoms with van der Waals surface area (Å²) >= 11 is 0. The van der Waals surface area contributed by atoms with E-state index in [0.29, 0.717) is 27.3 Å². The summed E-state index contributed by atoms with van der Waals surface area (Å²) in [7, 11) is -4.41. The second-order valence-electron chi connectivity index (χ2n) is 10.6. The predicted molar refractivity (Wildman–Crippen MR) is 186 cm³/mol. The molecule has 0 saturated heterocycles. The van der Waals surface area contributed by atoms with E-state index >= 15 is 0 Å². The number of hydrogen-bond acceptors (Lipinski definition) is 7. The highest BCUT2D eigenvalue weighted by atomic mass is 35.5. The number of hydrogen-bond donors (Lipinski definition) is 4. The lowest BCUT2D eigenvalue weighted by atomic mass is 10.0. The Morgan fingerprint density at radius 3 is 2.29 bits per heavy atom. The molecule has 0 atom stereocenters. The molecule has 1 heterocycles. The molecule has 5 rings (SSSR count). The summed E-state index contributed by atoms with van der Waals surface area (Å²) in [4.78, 5) is 43.3. The number of aliphatic carboxylic acids is 1. The van der Waals surface area contributed by atoms with E-state index in [2.05, 4.69) is 10.3 Å². The van der Waals surface area contributed by atoms with Gasteiger partial charge in [-0.2, -0.15) is 0 Å². The molecule has 2 amide bonds. The van der Waals surface area contributed by atoms with E-state index in [1.165, 1.54) is 18.3 Å². The van der Waals surface area contributed by atoms with Crippen molar-refractivity contribution in [3.05, 3.63) is 114 Å². The van der Waals surface area contributed by atoms with Gasteiger partial charge in [0.05, 0.1) is 11.2 Å². The Bertz CT molecular complexity index is 2120. The molecule has 0 unspecified atom stereocenters. The Balaban J connectivity index is 0.00000520. The SMILES string of the molecule is CCN(CC(=O)O)C(=O)CN(c1ccc2c(C(=O)NCc3ccc(C(=N)N)cc3)cccc2c1)S(=O)(=O)c1cccc2cccnc12.Cl. The molecule has 5 aromatic rings. The number of pyridine rings is 1. The van der Waals surface area contributed by atoms with Gasteiger partial charge in [0.15, 0.2) is 0 Å². The summed E-state index contributed by atoms with van der Waals surface area (Å²) in [6.07, 6.45) is 1.48. The molecule has 0 radical (unpaired) electrons. The monoisotopic (exact) mass is 688 g/mol. The van der Waals surface area contributed by atoms with Crippen molar-refractivity contribution in [2.75, 3.05) is 23.9 Å². The Labute approximate surface area is 283 Å². The fourth-order valence-electron chi connectivity index (χ4n) is 5.18. The number of aromatic nitrogens is 1. The largest absolute Gasteiger partial charge is 0.480 e. The lowest BCUT2D eigenvalue weighted by molar-refractivity contribution is -0.143. The number of nitrogens with one attached hydrogen (secondary N) is 2. The fourth-order valence-corrected chi connectivity index (χ4v) is 6.76. The van der Waals surface area contributed by atoms with Crippen LogP contribution in [0.3, 0.4) is 0 Å². The molecule has 0 aliphatic rings. The van der Waals surface area contributed by atoms with Crippen LogP contribution in [-0.2, 0) is 26.2 Å². The molecule has 48 heavy (non-hydrogen) atoms. The summed E-state index contributed by atoms with van der Waals surface area (Å²) in [5.41, 5.74) is 7.62. The third kappa shape index (κ3) is 7.54. The maximum Gasteiger partial charge on any atom is 0.323 e. The number of amidine groups is 1. The quantitative estimate of drug-likeness (QED) is 0.111. The first-order valence-electron chi connectivity index (χ1n) is 14.6. The van der Waals surface area contributed by atoms with E-state index < -0.39 is 35.0 Å². The number of anilines is 1. The van der Waals surface area contributed by atoms with Crippen molar-refractivity contribution >= 4 is 73.4 Å². The molecular weight excluding hydrogens is 656 g/mol. The highest BCUT2D eigenvalue weighted by Crippen LogP contribution is 2.31. The van der Waals surface area contributed by atoms with Gasteiger partial charge in [0.2, 0.25) is 5.91 Å². The van der Waals surface area contributed by atoms with Crippen LogP contribution in [0.4, 0.5) is 5.69 Å². The fraction of sp³-hybridized carbons (Fsp3) is 0.147. The smallest absolute Gasteiger partial charge is 0.323 e. The van der Waals surface area contributed by atoms with E-state index in [0.717, 1.165) is 14.8 Å². The maximum atomic E-state index is 14.3. The second-order valence-corrected chi connectivity index (χ2v) is 12.5. The molecule has 0 fully saturated rings. The number of carbonyl (C=O) groups is 3. The lowest BCUT2D eigenvalue weighted by Gasteiger charge is -2.28. The van der Waals surface area contributed by atoms with Crippen molar-refractivity contribution < 1.29 is 27.9 Å². The highest BCUT2D eigenvalue weighted by molar-refractivity contribution is 7.93. The summed E-state index contributed by atoms with van der Waals surface area (Å²) < 4.78 is 29.6. The minimum Gasteiger partial charge on any atom is -0.480 e. The van der Waals surface area contributed by atoms with Crippen molar-refractivity contribution in [3.63, 3.8) is 0 Å². The molecule has 0 bridgehead atoms. The Morgan fingerprint density at radius 2 is 1.60 bits per heavy atom. The topological polar surface area (TPSA) is 187 Å². The van der Waals surface area contributed by atoms with Gasteiger partial charge in [-0.1, -0.05) is 60.7 Å². The van der Waals surface area contributed by atoms with Crippen LogP contribution in [0, 0.1) is 5.41 Å². The molecule has 0 saturated carbocycles. The Kier molecular flexibility index (Phi) is 11.0. The standard InChI is InChI=1S/C34H32N6O6S.ClH/c1-2-39(21-31(42)43)30(41)20-40(47(45,46)29-10-4-6-23-8-5-17-37-32(23)29)26-15-16-27-25(18-26)7-3-9-28(27)34(44)38-19-22-11-13-24(14-12-22)33(35)36;/h3-18H,2,19-21H2,1H3,(H3,35,36)(H,38,44)(H,42,43);1H. The van der Waals surface area contributed by atoms with Crippen LogP contribution in [0.2, 0.25) is 0 Å². The molecule has 12 nitrogen and oxygen atoms in total. The van der Waals surface area contributed by atoms with Crippen LogP contribution >= 0.6 is 12.4 Å². The van der Waals surface area contributed by atoms with E-state index in [-0.39, 0.29) is 53.3 Å². The van der Waals surface area contributed by atoms with Gasteiger partial charge in [-0.3, -0.25) is 29.1 Å². The molecular formula is C34H33ClN6O6S. The number of likely N-dealkylation sites (N-methyl/N-ethyl adjacent to an activating group) is 1. The average Bonchev–Trinajstić information content (AvgIpc) is 3.07. The first-order valence-corrected chi connectivity index (χ1v) is 16.0. The van der Waals surface area contributed by atoms with E-state index in [1.54, 1.807) is 85.8 Å². The zero-order valence-electron chi connectivity index (χ0n) is 25.8. The number of carboxylic acids is 1. The molecule has 4 aromatic carbocycles. The van der Waals surface area contributed by atoms with Gasteiger partial charge in [-0.15, -0.1) is 12.4 Å². The van der Waals surface area contributed by atoms with Gasteiger partial charge in [-0.25, -0.2) is 8.42 Å².